The summed E-state index contributed by atoms with van der Waals surface area (Å²) >= 11 is 0. The van der Waals surface area contributed by atoms with Gasteiger partial charge in [0.1, 0.15) is 5.75 Å². The molecule has 0 amide bonds. The number of hydrogen-bond donors (Lipinski definition) is 0. The molecule has 0 atom stereocenters. The van der Waals surface area contributed by atoms with Crippen molar-refractivity contribution in [2.24, 2.45) is 0 Å². The summed E-state index contributed by atoms with van der Waals surface area (Å²) in [5, 5.41) is 0. The van der Waals surface area contributed by atoms with E-state index in [2.05, 4.69) is 23.2 Å². The zero-order valence-electron chi connectivity index (χ0n) is 9.39. The molecular formula is C14H15NO. The summed E-state index contributed by atoms with van der Waals surface area (Å²) in [4.78, 5) is 4.30. The summed E-state index contributed by atoms with van der Waals surface area (Å²) in [5.41, 5.74) is 2.45. The predicted molar refractivity (Wildman–Crippen MR) is 64.6 cm³/mol. The molecule has 0 aliphatic carbocycles. The minimum atomic E-state index is 0.904. The largest absolute Gasteiger partial charge is 0.497 e. The first-order valence-electron chi connectivity index (χ1n) is 5.41. The minimum Gasteiger partial charge on any atom is -0.497 e. The Morgan fingerprint density at radius 3 is 2.44 bits per heavy atom. The predicted octanol–water partition coefficient (Wildman–Crippen LogP) is 2.88. The van der Waals surface area contributed by atoms with Crippen molar-refractivity contribution >= 4 is 0 Å². The van der Waals surface area contributed by atoms with Crippen LogP contribution in [-0.4, -0.2) is 12.1 Å². The van der Waals surface area contributed by atoms with E-state index in [1.807, 2.05) is 30.5 Å². The Morgan fingerprint density at radius 2 is 1.81 bits per heavy atom. The third-order valence-electron chi connectivity index (χ3n) is 2.56. The molecule has 0 spiro atoms. The number of ether oxygens (including phenoxy) is 1. The van der Waals surface area contributed by atoms with E-state index in [1.54, 1.807) is 7.11 Å². The second kappa shape index (κ2) is 5.31. The Kier molecular flexibility index (Phi) is 3.54. The van der Waals surface area contributed by atoms with Crippen molar-refractivity contribution in [1.82, 2.24) is 4.98 Å². The first kappa shape index (κ1) is 10.7. The van der Waals surface area contributed by atoms with Crippen LogP contribution in [0.25, 0.3) is 0 Å². The van der Waals surface area contributed by atoms with E-state index in [0.717, 1.165) is 24.3 Å². The van der Waals surface area contributed by atoms with Gasteiger partial charge in [0.25, 0.3) is 0 Å². The first-order chi connectivity index (χ1) is 7.88. The fourth-order valence-corrected chi connectivity index (χ4v) is 1.61. The molecule has 1 aromatic carbocycles. The fourth-order valence-electron chi connectivity index (χ4n) is 1.61. The highest BCUT2D eigenvalue weighted by atomic mass is 16.5. The Labute approximate surface area is 95.9 Å². The quantitative estimate of drug-likeness (QED) is 0.779. The van der Waals surface area contributed by atoms with Crippen molar-refractivity contribution in [3.63, 3.8) is 0 Å². The van der Waals surface area contributed by atoms with Crippen molar-refractivity contribution < 1.29 is 4.74 Å². The van der Waals surface area contributed by atoms with E-state index < -0.39 is 0 Å². The van der Waals surface area contributed by atoms with Gasteiger partial charge in [0, 0.05) is 11.9 Å². The number of rotatable bonds is 4. The third-order valence-corrected chi connectivity index (χ3v) is 2.56. The van der Waals surface area contributed by atoms with Crippen LogP contribution < -0.4 is 4.74 Å². The van der Waals surface area contributed by atoms with Gasteiger partial charge in [-0.2, -0.15) is 0 Å². The molecule has 1 heterocycles. The number of nitrogens with zero attached hydrogens (tertiary/aromatic N) is 1. The smallest absolute Gasteiger partial charge is 0.118 e. The standard InChI is InChI=1S/C14H15NO/c1-16-14-9-6-12(7-10-14)5-8-13-4-2-3-11-15-13/h2-4,6-7,9-11H,5,8H2,1H3. The van der Waals surface area contributed by atoms with Crippen LogP contribution in [0.1, 0.15) is 11.3 Å². The first-order valence-corrected chi connectivity index (χ1v) is 5.41. The van der Waals surface area contributed by atoms with Crippen molar-refractivity contribution in [3.8, 4) is 5.75 Å². The molecule has 0 unspecified atom stereocenters. The van der Waals surface area contributed by atoms with Crippen molar-refractivity contribution in [2.45, 2.75) is 12.8 Å². The molecule has 0 bridgehead atoms. The lowest BCUT2D eigenvalue weighted by Crippen LogP contribution is -1.93. The Bertz CT molecular complexity index is 422. The lowest BCUT2D eigenvalue weighted by molar-refractivity contribution is 0.414. The molecule has 16 heavy (non-hydrogen) atoms. The van der Waals surface area contributed by atoms with Gasteiger partial charge < -0.3 is 4.74 Å². The van der Waals surface area contributed by atoms with Crippen LogP contribution >= 0.6 is 0 Å². The van der Waals surface area contributed by atoms with E-state index in [-0.39, 0.29) is 0 Å². The third kappa shape index (κ3) is 2.83. The van der Waals surface area contributed by atoms with E-state index in [1.165, 1.54) is 5.56 Å². The van der Waals surface area contributed by atoms with E-state index in [4.69, 9.17) is 4.74 Å². The zero-order valence-corrected chi connectivity index (χ0v) is 9.39. The number of benzene rings is 1. The van der Waals surface area contributed by atoms with Crippen LogP contribution in [-0.2, 0) is 12.8 Å². The summed E-state index contributed by atoms with van der Waals surface area (Å²) in [7, 11) is 1.68. The molecule has 2 heteroatoms. The van der Waals surface area contributed by atoms with Crippen LogP contribution in [0.4, 0.5) is 0 Å². The van der Waals surface area contributed by atoms with E-state index in [0.29, 0.717) is 0 Å². The normalized spacial score (nSPS) is 10.1. The highest BCUT2D eigenvalue weighted by Gasteiger charge is 1.97. The topological polar surface area (TPSA) is 22.1 Å². The van der Waals surface area contributed by atoms with Gasteiger partial charge in [-0.05, 0) is 42.7 Å². The number of aryl methyl sites for hydroxylation is 2. The van der Waals surface area contributed by atoms with Crippen LogP contribution in [0.3, 0.4) is 0 Å². The minimum absolute atomic E-state index is 0.904. The highest BCUT2D eigenvalue weighted by molar-refractivity contribution is 5.27. The van der Waals surface area contributed by atoms with Crippen LogP contribution in [0, 0.1) is 0 Å². The zero-order chi connectivity index (χ0) is 11.2. The number of pyridine rings is 1. The molecule has 2 rings (SSSR count). The van der Waals surface area contributed by atoms with Gasteiger partial charge >= 0.3 is 0 Å². The van der Waals surface area contributed by atoms with Crippen LogP contribution in [0.15, 0.2) is 48.7 Å². The number of methoxy groups -OCH3 is 1. The average molecular weight is 213 g/mol. The molecule has 0 aliphatic rings. The summed E-state index contributed by atoms with van der Waals surface area (Å²) in [6, 6.07) is 14.2. The van der Waals surface area contributed by atoms with Gasteiger partial charge in [-0.3, -0.25) is 4.98 Å². The second-order valence-corrected chi connectivity index (χ2v) is 3.67. The molecule has 2 aromatic rings. The molecule has 0 fully saturated rings. The maximum atomic E-state index is 5.12. The molecule has 0 N–H and O–H groups in total. The van der Waals surface area contributed by atoms with Gasteiger partial charge in [-0.25, -0.2) is 0 Å². The lowest BCUT2D eigenvalue weighted by Gasteiger charge is -2.03. The van der Waals surface area contributed by atoms with E-state index >= 15 is 0 Å². The Balaban J connectivity index is 1.94. The fraction of sp³-hybridized carbons (Fsp3) is 0.214. The van der Waals surface area contributed by atoms with Gasteiger partial charge in [0.15, 0.2) is 0 Å². The summed E-state index contributed by atoms with van der Waals surface area (Å²) in [6.07, 6.45) is 3.83. The second-order valence-electron chi connectivity index (χ2n) is 3.67. The molecule has 1 aromatic heterocycles. The molecular weight excluding hydrogens is 198 g/mol. The molecule has 82 valence electrons. The lowest BCUT2D eigenvalue weighted by atomic mass is 10.1. The van der Waals surface area contributed by atoms with Crippen molar-refractivity contribution in [3.05, 3.63) is 59.9 Å². The van der Waals surface area contributed by atoms with Gasteiger partial charge in [-0.15, -0.1) is 0 Å². The molecule has 0 saturated heterocycles. The van der Waals surface area contributed by atoms with Gasteiger partial charge in [0.05, 0.1) is 7.11 Å². The maximum absolute atomic E-state index is 5.12. The molecule has 0 radical (unpaired) electrons. The van der Waals surface area contributed by atoms with Crippen molar-refractivity contribution in [2.75, 3.05) is 7.11 Å². The maximum Gasteiger partial charge on any atom is 0.118 e. The monoisotopic (exact) mass is 213 g/mol. The summed E-state index contributed by atoms with van der Waals surface area (Å²) in [6.45, 7) is 0. The SMILES string of the molecule is COc1ccc(CCc2ccccn2)cc1. The number of aromatic nitrogens is 1. The highest BCUT2D eigenvalue weighted by Crippen LogP contribution is 2.12. The van der Waals surface area contributed by atoms with Crippen molar-refractivity contribution in [1.29, 1.82) is 0 Å². The average Bonchev–Trinajstić information content (AvgIpc) is 2.38. The molecule has 2 nitrogen and oxygen atoms in total. The van der Waals surface area contributed by atoms with Gasteiger partial charge in [0.2, 0.25) is 0 Å². The van der Waals surface area contributed by atoms with Crippen LogP contribution in [0.5, 0.6) is 5.75 Å². The summed E-state index contributed by atoms with van der Waals surface area (Å²) < 4.78 is 5.12. The number of hydrogen-bond acceptors (Lipinski definition) is 2. The Morgan fingerprint density at radius 1 is 1.00 bits per heavy atom. The van der Waals surface area contributed by atoms with Crippen LogP contribution in [0.2, 0.25) is 0 Å². The molecule has 0 aliphatic heterocycles. The van der Waals surface area contributed by atoms with E-state index in [9.17, 15) is 0 Å². The molecule has 0 saturated carbocycles. The van der Waals surface area contributed by atoms with Gasteiger partial charge in [-0.1, -0.05) is 18.2 Å². The summed E-state index contributed by atoms with van der Waals surface area (Å²) in [5.74, 6) is 0.904. The Hall–Kier alpha value is -1.83.